The predicted molar refractivity (Wildman–Crippen MR) is 86.1 cm³/mol. The number of aryl methyl sites for hydroxylation is 1. The molecule has 2 heterocycles. The zero-order valence-electron chi connectivity index (χ0n) is 12.3. The smallest absolute Gasteiger partial charge is 0.231 e. The summed E-state index contributed by atoms with van der Waals surface area (Å²) >= 11 is 1.57. The zero-order valence-corrected chi connectivity index (χ0v) is 13.2. The molecule has 5 nitrogen and oxygen atoms in total. The average Bonchev–Trinajstić information content (AvgIpc) is 3.04. The first-order valence-corrected chi connectivity index (χ1v) is 7.99. The van der Waals surface area contributed by atoms with Crippen LogP contribution >= 0.6 is 11.8 Å². The summed E-state index contributed by atoms with van der Waals surface area (Å²) < 4.78 is 0. The molecule has 0 saturated carbocycles. The summed E-state index contributed by atoms with van der Waals surface area (Å²) in [5.74, 6) is 1.41. The molecule has 1 N–H and O–H groups in total. The van der Waals surface area contributed by atoms with Crippen molar-refractivity contribution in [3.8, 4) is 0 Å². The van der Waals surface area contributed by atoms with Crippen LogP contribution in [0.4, 0.5) is 11.9 Å². The summed E-state index contributed by atoms with van der Waals surface area (Å²) in [6.07, 6.45) is 2.42. The van der Waals surface area contributed by atoms with Gasteiger partial charge < -0.3 is 10.2 Å². The van der Waals surface area contributed by atoms with E-state index in [-0.39, 0.29) is 0 Å². The molecular formula is C15H19N5S. The fraction of sp³-hybridized carbons (Fsp3) is 0.400. The minimum Gasteiger partial charge on any atom is -0.357 e. The summed E-state index contributed by atoms with van der Waals surface area (Å²) in [6, 6.07) is 8.39. The Balaban J connectivity index is 1.86. The third kappa shape index (κ3) is 3.44. The van der Waals surface area contributed by atoms with Crippen LogP contribution in [0.2, 0.25) is 0 Å². The SMILES string of the molecule is CNc1nc(Sc2ccc(C)cc2)nc(N2CCCC2)n1. The van der Waals surface area contributed by atoms with Crippen LogP contribution in [0.3, 0.4) is 0 Å². The first kappa shape index (κ1) is 14.1. The van der Waals surface area contributed by atoms with Crippen molar-refractivity contribution in [3.05, 3.63) is 29.8 Å². The van der Waals surface area contributed by atoms with Gasteiger partial charge in [-0.1, -0.05) is 17.7 Å². The predicted octanol–water partition coefficient (Wildman–Crippen LogP) is 2.97. The van der Waals surface area contributed by atoms with Crippen LogP contribution in [0, 0.1) is 6.92 Å². The van der Waals surface area contributed by atoms with Gasteiger partial charge in [-0.2, -0.15) is 15.0 Å². The van der Waals surface area contributed by atoms with Gasteiger partial charge in [0.1, 0.15) is 0 Å². The Hall–Kier alpha value is -1.82. The highest BCUT2D eigenvalue weighted by Gasteiger charge is 2.17. The van der Waals surface area contributed by atoms with Gasteiger partial charge in [0.05, 0.1) is 0 Å². The molecule has 1 aromatic heterocycles. The van der Waals surface area contributed by atoms with E-state index in [1.807, 2.05) is 7.05 Å². The highest BCUT2D eigenvalue weighted by atomic mass is 32.2. The van der Waals surface area contributed by atoms with Gasteiger partial charge in [-0.05, 0) is 43.7 Å². The molecule has 0 aliphatic carbocycles. The van der Waals surface area contributed by atoms with Gasteiger partial charge in [0.2, 0.25) is 11.9 Å². The second-order valence-corrected chi connectivity index (χ2v) is 6.14. The zero-order chi connectivity index (χ0) is 14.7. The molecule has 2 aromatic rings. The van der Waals surface area contributed by atoms with Crippen molar-refractivity contribution in [3.63, 3.8) is 0 Å². The molecule has 1 aromatic carbocycles. The fourth-order valence-corrected chi connectivity index (χ4v) is 3.02. The lowest BCUT2D eigenvalue weighted by atomic mass is 10.2. The van der Waals surface area contributed by atoms with Gasteiger partial charge >= 0.3 is 0 Å². The Morgan fingerprint density at radius 2 is 1.76 bits per heavy atom. The molecular weight excluding hydrogens is 282 g/mol. The van der Waals surface area contributed by atoms with Gasteiger partial charge in [-0.15, -0.1) is 0 Å². The summed E-state index contributed by atoms with van der Waals surface area (Å²) in [7, 11) is 1.84. The van der Waals surface area contributed by atoms with Crippen LogP contribution in [0.5, 0.6) is 0 Å². The number of aromatic nitrogens is 3. The summed E-state index contributed by atoms with van der Waals surface area (Å²) in [4.78, 5) is 16.9. The number of rotatable bonds is 4. The van der Waals surface area contributed by atoms with Gasteiger partial charge in [0.15, 0.2) is 5.16 Å². The van der Waals surface area contributed by atoms with Gasteiger partial charge in [0.25, 0.3) is 0 Å². The molecule has 0 amide bonds. The van der Waals surface area contributed by atoms with E-state index in [0.717, 1.165) is 29.1 Å². The molecule has 0 bridgehead atoms. The van der Waals surface area contributed by atoms with E-state index >= 15 is 0 Å². The molecule has 1 saturated heterocycles. The Kier molecular flexibility index (Phi) is 4.24. The maximum atomic E-state index is 4.61. The van der Waals surface area contributed by atoms with Crippen LogP contribution < -0.4 is 10.2 Å². The number of anilines is 2. The maximum Gasteiger partial charge on any atom is 0.231 e. The maximum absolute atomic E-state index is 4.61. The number of benzene rings is 1. The summed E-state index contributed by atoms with van der Waals surface area (Å²) in [5, 5.41) is 3.76. The summed E-state index contributed by atoms with van der Waals surface area (Å²) in [6.45, 7) is 4.14. The molecule has 1 fully saturated rings. The molecule has 110 valence electrons. The Labute approximate surface area is 129 Å². The normalized spacial score (nSPS) is 14.5. The minimum atomic E-state index is 0.626. The standard InChI is InChI=1S/C15H19N5S/c1-11-5-7-12(8-6-11)21-15-18-13(16-2)17-14(19-15)20-9-3-4-10-20/h5-8H,3-4,9-10H2,1-2H3,(H,16,17,18,19). The molecule has 21 heavy (non-hydrogen) atoms. The van der Waals surface area contributed by atoms with Crippen LogP contribution in [-0.2, 0) is 0 Å². The molecule has 0 radical (unpaired) electrons. The van der Waals surface area contributed by atoms with E-state index in [1.165, 1.54) is 18.4 Å². The van der Waals surface area contributed by atoms with E-state index in [4.69, 9.17) is 0 Å². The number of nitrogens with zero attached hydrogens (tertiary/aromatic N) is 4. The van der Waals surface area contributed by atoms with Crippen molar-refractivity contribution in [2.24, 2.45) is 0 Å². The largest absolute Gasteiger partial charge is 0.357 e. The van der Waals surface area contributed by atoms with E-state index in [0.29, 0.717) is 5.95 Å². The van der Waals surface area contributed by atoms with E-state index in [2.05, 4.69) is 56.4 Å². The number of hydrogen-bond acceptors (Lipinski definition) is 6. The highest BCUT2D eigenvalue weighted by molar-refractivity contribution is 7.99. The Bertz CT molecular complexity index is 608. The van der Waals surface area contributed by atoms with E-state index < -0.39 is 0 Å². The van der Waals surface area contributed by atoms with Crippen molar-refractivity contribution >= 4 is 23.7 Å². The van der Waals surface area contributed by atoms with Crippen molar-refractivity contribution in [2.45, 2.75) is 29.8 Å². The number of nitrogens with one attached hydrogen (secondary N) is 1. The molecule has 1 aliphatic heterocycles. The fourth-order valence-electron chi connectivity index (χ4n) is 2.27. The third-order valence-corrected chi connectivity index (χ3v) is 4.32. The summed E-state index contributed by atoms with van der Waals surface area (Å²) in [5.41, 5.74) is 1.25. The van der Waals surface area contributed by atoms with Crippen LogP contribution in [-0.4, -0.2) is 35.1 Å². The minimum absolute atomic E-state index is 0.626. The first-order valence-electron chi connectivity index (χ1n) is 7.18. The van der Waals surface area contributed by atoms with Gasteiger partial charge in [-0.25, -0.2) is 0 Å². The van der Waals surface area contributed by atoms with E-state index in [1.54, 1.807) is 11.8 Å². The monoisotopic (exact) mass is 301 g/mol. The Morgan fingerprint density at radius 3 is 2.43 bits per heavy atom. The topological polar surface area (TPSA) is 53.9 Å². The van der Waals surface area contributed by atoms with Crippen molar-refractivity contribution in [2.75, 3.05) is 30.4 Å². The van der Waals surface area contributed by atoms with Crippen molar-refractivity contribution in [1.82, 2.24) is 15.0 Å². The quantitative estimate of drug-likeness (QED) is 0.937. The van der Waals surface area contributed by atoms with E-state index in [9.17, 15) is 0 Å². The lowest BCUT2D eigenvalue weighted by Gasteiger charge is -2.16. The highest BCUT2D eigenvalue weighted by Crippen LogP contribution is 2.27. The van der Waals surface area contributed by atoms with Crippen molar-refractivity contribution in [1.29, 1.82) is 0 Å². The number of hydrogen-bond donors (Lipinski definition) is 1. The molecule has 6 heteroatoms. The molecule has 0 spiro atoms. The third-order valence-electron chi connectivity index (χ3n) is 3.45. The lowest BCUT2D eigenvalue weighted by Crippen LogP contribution is -2.21. The Morgan fingerprint density at radius 1 is 1.05 bits per heavy atom. The van der Waals surface area contributed by atoms with Crippen LogP contribution in [0.1, 0.15) is 18.4 Å². The van der Waals surface area contributed by atoms with Crippen LogP contribution in [0.25, 0.3) is 0 Å². The molecule has 0 unspecified atom stereocenters. The molecule has 0 atom stereocenters. The first-order chi connectivity index (χ1) is 10.2. The lowest BCUT2D eigenvalue weighted by molar-refractivity contribution is 0.830. The second-order valence-electron chi connectivity index (χ2n) is 5.10. The molecule has 1 aliphatic rings. The second kappa shape index (κ2) is 6.30. The van der Waals surface area contributed by atoms with Crippen molar-refractivity contribution < 1.29 is 0 Å². The van der Waals surface area contributed by atoms with Crippen LogP contribution in [0.15, 0.2) is 34.3 Å². The average molecular weight is 301 g/mol. The van der Waals surface area contributed by atoms with Gasteiger partial charge in [-0.3, -0.25) is 0 Å². The van der Waals surface area contributed by atoms with Gasteiger partial charge in [0, 0.05) is 25.0 Å². The molecule has 3 rings (SSSR count).